The van der Waals surface area contributed by atoms with Gasteiger partial charge in [-0.2, -0.15) is 0 Å². The Bertz CT molecular complexity index is 651. The molecule has 6 heteroatoms. The molecule has 2 aliphatic rings. The van der Waals surface area contributed by atoms with Crippen molar-refractivity contribution in [2.45, 2.75) is 45.8 Å². The van der Waals surface area contributed by atoms with Gasteiger partial charge in [0.15, 0.2) is 0 Å². The monoisotopic (exact) mass is 344 g/mol. The molecule has 0 radical (unpaired) electrons. The summed E-state index contributed by atoms with van der Waals surface area (Å²) >= 11 is 0. The lowest BCUT2D eigenvalue weighted by atomic mass is 9.76. The van der Waals surface area contributed by atoms with Crippen LogP contribution in [-0.2, 0) is 9.31 Å². The SMILES string of the molecule is Cc1cc(C(=O)N2CCN(C)CC2)ccc1B1OC(C)(C)C(C)(C)O1. The second-order valence-electron chi connectivity index (χ2n) is 8.26. The summed E-state index contributed by atoms with van der Waals surface area (Å²) < 4.78 is 12.3. The van der Waals surface area contributed by atoms with Gasteiger partial charge in [0.05, 0.1) is 11.2 Å². The molecule has 0 spiro atoms. The maximum Gasteiger partial charge on any atom is 0.495 e. The molecular formula is C19H29BN2O3. The Morgan fingerprint density at radius 3 is 2.12 bits per heavy atom. The highest BCUT2D eigenvalue weighted by atomic mass is 16.7. The Morgan fingerprint density at radius 2 is 1.60 bits per heavy atom. The van der Waals surface area contributed by atoms with Crippen LogP contribution in [0, 0.1) is 6.92 Å². The molecule has 2 saturated heterocycles. The van der Waals surface area contributed by atoms with E-state index in [0.29, 0.717) is 0 Å². The van der Waals surface area contributed by atoms with E-state index in [1.165, 1.54) is 0 Å². The molecule has 0 bridgehead atoms. The minimum absolute atomic E-state index is 0.108. The molecule has 25 heavy (non-hydrogen) atoms. The number of likely N-dealkylation sites (N-methyl/N-ethyl adjacent to an activating group) is 1. The van der Waals surface area contributed by atoms with E-state index in [-0.39, 0.29) is 17.1 Å². The van der Waals surface area contributed by atoms with Crippen LogP contribution in [0.5, 0.6) is 0 Å². The number of piperazine rings is 1. The van der Waals surface area contributed by atoms with E-state index >= 15 is 0 Å². The van der Waals surface area contributed by atoms with Crippen molar-refractivity contribution in [3.63, 3.8) is 0 Å². The minimum atomic E-state index is -0.391. The molecule has 1 aromatic carbocycles. The molecule has 0 atom stereocenters. The predicted molar refractivity (Wildman–Crippen MR) is 100 cm³/mol. The maximum absolute atomic E-state index is 12.7. The molecule has 0 saturated carbocycles. The highest BCUT2D eigenvalue weighted by Gasteiger charge is 2.52. The van der Waals surface area contributed by atoms with Gasteiger partial charge in [0.1, 0.15) is 0 Å². The number of rotatable bonds is 2. The van der Waals surface area contributed by atoms with Crippen molar-refractivity contribution in [1.29, 1.82) is 0 Å². The molecular weight excluding hydrogens is 315 g/mol. The Morgan fingerprint density at radius 1 is 1.04 bits per heavy atom. The van der Waals surface area contributed by atoms with E-state index in [0.717, 1.165) is 42.8 Å². The van der Waals surface area contributed by atoms with Gasteiger partial charge in [0.2, 0.25) is 0 Å². The quantitative estimate of drug-likeness (QED) is 0.766. The topological polar surface area (TPSA) is 42.0 Å². The zero-order valence-electron chi connectivity index (χ0n) is 16.3. The first-order valence-corrected chi connectivity index (χ1v) is 9.05. The van der Waals surface area contributed by atoms with Gasteiger partial charge in [-0.05, 0) is 59.3 Å². The van der Waals surface area contributed by atoms with Gasteiger partial charge in [-0.25, -0.2) is 0 Å². The van der Waals surface area contributed by atoms with Crippen molar-refractivity contribution in [3.8, 4) is 0 Å². The van der Waals surface area contributed by atoms with Gasteiger partial charge >= 0.3 is 7.12 Å². The summed E-state index contributed by atoms with van der Waals surface area (Å²) in [5.41, 5.74) is 2.03. The van der Waals surface area contributed by atoms with Crippen molar-refractivity contribution in [3.05, 3.63) is 29.3 Å². The predicted octanol–water partition coefficient (Wildman–Crippen LogP) is 1.68. The van der Waals surface area contributed by atoms with E-state index in [4.69, 9.17) is 9.31 Å². The maximum atomic E-state index is 12.7. The normalized spacial score (nSPS) is 23.1. The molecule has 0 aromatic heterocycles. The van der Waals surface area contributed by atoms with Crippen LogP contribution in [0.25, 0.3) is 0 Å². The third-order valence-corrected chi connectivity index (χ3v) is 5.81. The van der Waals surface area contributed by atoms with Crippen molar-refractivity contribution in [2.24, 2.45) is 0 Å². The molecule has 1 amide bonds. The van der Waals surface area contributed by atoms with Crippen LogP contribution in [0.4, 0.5) is 0 Å². The summed E-state index contributed by atoms with van der Waals surface area (Å²) in [5, 5.41) is 0. The molecule has 2 heterocycles. The number of carbonyl (C=O) groups excluding carboxylic acids is 1. The van der Waals surface area contributed by atoms with Gasteiger partial charge < -0.3 is 19.1 Å². The second-order valence-corrected chi connectivity index (χ2v) is 8.26. The van der Waals surface area contributed by atoms with Crippen LogP contribution < -0.4 is 5.46 Å². The Hall–Kier alpha value is -1.37. The fourth-order valence-corrected chi connectivity index (χ4v) is 3.24. The van der Waals surface area contributed by atoms with Crippen molar-refractivity contribution in [1.82, 2.24) is 9.80 Å². The van der Waals surface area contributed by atoms with Gasteiger partial charge in [0.25, 0.3) is 5.91 Å². The van der Waals surface area contributed by atoms with Gasteiger partial charge in [-0.1, -0.05) is 11.6 Å². The number of nitrogens with zero attached hydrogens (tertiary/aromatic N) is 2. The molecule has 0 unspecified atom stereocenters. The van der Waals surface area contributed by atoms with Crippen LogP contribution in [-0.4, -0.2) is 67.3 Å². The highest BCUT2D eigenvalue weighted by Crippen LogP contribution is 2.36. The molecule has 5 nitrogen and oxygen atoms in total. The first kappa shape index (κ1) is 18.4. The van der Waals surface area contributed by atoms with Crippen molar-refractivity contribution < 1.29 is 14.1 Å². The summed E-state index contributed by atoms with van der Waals surface area (Å²) in [6.07, 6.45) is 0. The van der Waals surface area contributed by atoms with Gasteiger partial charge in [0, 0.05) is 31.7 Å². The number of benzene rings is 1. The van der Waals surface area contributed by atoms with Gasteiger partial charge in [-0.3, -0.25) is 4.79 Å². The molecule has 136 valence electrons. The Kier molecular flexibility index (Phi) is 4.73. The second kappa shape index (κ2) is 6.42. The highest BCUT2D eigenvalue weighted by molar-refractivity contribution is 6.62. The summed E-state index contributed by atoms with van der Waals surface area (Å²) in [4.78, 5) is 16.9. The largest absolute Gasteiger partial charge is 0.495 e. The lowest BCUT2D eigenvalue weighted by Crippen LogP contribution is -2.47. The van der Waals surface area contributed by atoms with E-state index < -0.39 is 7.12 Å². The zero-order chi connectivity index (χ0) is 18.4. The average Bonchev–Trinajstić information content (AvgIpc) is 2.75. The Balaban J connectivity index is 1.77. The molecule has 1 aromatic rings. The summed E-state index contributed by atoms with van der Waals surface area (Å²) in [6.45, 7) is 13.6. The molecule has 2 fully saturated rings. The minimum Gasteiger partial charge on any atom is -0.399 e. The molecule has 0 aliphatic carbocycles. The van der Waals surface area contributed by atoms with E-state index in [9.17, 15) is 4.79 Å². The molecule has 2 aliphatic heterocycles. The lowest BCUT2D eigenvalue weighted by molar-refractivity contribution is 0.00578. The fraction of sp³-hybridized carbons (Fsp3) is 0.632. The number of aryl methyl sites for hydroxylation is 1. The third-order valence-electron chi connectivity index (χ3n) is 5.81. The van der Waals surface area contributed by atoms with Gasteiger partial charge in [-0.15, -0.1) is 0 Å². The van der Waals surface area contributed by atoms with Crippen LogP contribution >= 0.6 is 0 Å². The standard InChI is InChI=1S/C19H29BN2O3/c1-14-13-15(17(23)22-11-9-21(6)10-12-22)7-8-16(14)20-24-18(2,3)19(4,5)25-20/h7-8,13H,9-12H2,1-6H3. The van der Waals surface area contributed by atoms with E-state index in [1.54, 1.807) is 0 Å². The molecule has 3 rings (SSSR count). The average molecular weight is 344 g/mol. The summed E-state index contributed by atoms with van der Waals surface area (Å²) in [7, 11) is 1.70. The Labute approximate surface area is 151 Å². The smallest absolute Gasteiger partial charge is 0.399 e. The fourth-order valence-electron chi connectivity index (χ4n) is 3.24. The molecule has 0 N–H and O–H groups in total. The first-order valence-electron chi connectivity index (χ1n) is 9.05. The van der Waals surface area contributed by atoms with Crippen LogP contribution in [0.2, 0.25) is 0 Å². The summed E-state index contributed by atoms with van der Waals surface area (Å²) in [5.74, 6) is 0.108. The lowest BCUT2D eigenvalue weighted by Gasteiger charge is -2.32. The van der Waals surface area contributed by atoms with Crippen LogP contribution in [0.1, 0.15) is 43.6 Å². The third kappa shape index (κ3) is 3.48. The van der Waals surface area contributed by atoms with Crippen LogP contribution in [0.3, 0.4) is 0 Å². The van der Waals surface area contributed by atoms with Crippen molar-refractivity contribution >= 4 is 18.5 Å². The zero-order valence-corrected chi connectivity index (χ0v) is 16.3. The van der Waals surface area contributed by atoms with E-state index in [2.05, 4.69) is 11.9 Å². The van der Waals surface area contributed by atoms with Crippen LogP contribution in [0.15, 0.2) is 18.2 Å². The summed E-state index contributed by atoms with van der Waals surface area (Å²) in [6, 6.07) is 5.83. The number of amides is 1. The number of hydrogen-bond acceptors (Lipinski definition) is 4. The van der Waals surface area contributed by atoms with Crippen molar-refractivity contribution in [2.75, 3.05) is 33.2 Å². The number of carbonyl (C=O) groups is 1. The number of hydrogen-bond donors (Lipinski definition) is 0. The van der Waals surface area contributed by atoms with E-state index in [1.807, 2.05) is 57.7 Å². The first-order chi connectivity index (χ1) is 11.6.